The van der Waals surface area contributed by atoms with Gasteiger partial charge in [-0.05, 0) is 17.7 Å². The van der Waals surface area contributed by atoms with Gasteiger partial charge in [-0.3, -0.25) is 0 Å². The second kappa shape index (κ2) is 5.82. The van der Waals surface area contributed by atoms with Gasteiger partial charge in [-0.15, -0.1) is 0 Å². The topological polar surface area (TPSA) is 82.8 Å². The van der Waals surface area contributed by atoms with Crippen molar-refractivity contribution in [3.8, 4) is 11.5 Å². The smallest absolute Gasteiger partial charge is 0.426 e. The number of benzene rings is 1. The van der Waals surface area contributed by atoms with Crippen LogP contribution in [0.25, 0.3) is 0 Å². The molecule has 0 aliphatic rings. The lowest BCUT2D eigenvalue weighted by atomic mass is 10.2. The third kappa shape index (κ3) is 3.32. The van der Waals surface area contributed by atoms with Crippen molar-refractivity contribution in [2.45, 2.75) is 6.54 Å². The van der Waals surface area contributed by atoms with Crippen molar-refractivity contribution < 1.29 is 19.1 Å². The summed E-state index contributed by atoms with van der Waals surface area (Å²) >= 11 is 0. The molecule has 0 saturated heterocycles. The highest BCUT2D eigenvalue weighted by atomic mass is 16.7. The van der Waals surface area contributed by atoms with E-state index in [1.54, 1.807) is 32.4 Å². The Morgan fingerprint density at radius 2 is 1.81 bits per heavy atom. The van der Waals surface area contributed by atoms with E-state index in [9.17, 15) is 4.79 Å². The Labute approximate surface area is 93.2 Å². The first kappa shape index (κ1) is 12.1. The molecule has 6 heteroatoms. The maximum atomic E-state index is 10.8. The van der Waals surface area contributed by atoms with E-state index in [1.807, 2.05) is 0 Å². The van der Waals surface area contributed by atoms with Crippen LogP contribution in [0.1, 0.15) is 5.56 Å². The molecule has 1 aromatic rings. The highest BCUT2D eigenvalue weighted by Gasteiger charge is 2.04. The minimum absolute atomic E-state index is 0.281. The van der Waals surface area contributed by atoms with Crippen LogP contribution in [0.2, 0.25) is 0 Å². The molecule has 6 nitrogen and oxygen atoms in total. The fraction of sp³-hybridized carbons (Fsp3) is 0.300. The fourth-order valence-electron chi connectivity index (χ4n) is 1.18. The van der Waals surface area contributed by atoms with Crippen LogP contribution in [-0.2, 0) is 11.4 Å². The first-order valence-corrected chi connectivity index (χ1v) is 4.56. The Balaban J connectivity index is 2.74. The molecule has 88 valence electrons. The molecule has 0 radical (unpaired) electrons. The number of rotatable bonds is 4. The van der Waals surface area contributed by atoms with Gasteiger partial charge in [-0.25, -0.2) is 4.79 Å². The van der Waals surface area contributed by atoms with E-state index < -0.39 is 6.09 Å². The number of hydrogen-bond donors (Lipinski definition) is 2. The minimum Gasteiger partial charge on any atom is -0.497 e. The molecule has 0 saturated carbocycles. The predicted octanol–water partition coefficient (Wildman–Crippen LogP) is 0.804. The monoisotopic (exact) mass is 226 g/mol. The number of nitrogens with one attached hydrogen (secondary N) is 1. The summed E-state index contributed by atoms with van der Waals surface area (Å²) < 4.78 is 10.2. The van der Waals surface area contributed by atoms with E-state index in [0.717, 1.165) is 5.56 Å². The third-order valence-corrected chi connectivity index (χ3v) is 1.96. The van der Waals surface area contributed by atoms with Crippen LogP contribution >= 0.6 is 0 Å². The molecule has 1 rings (SSSR count). The standard InChI is InChI=1S/C10H14N2O4/c1-14-8-3-7(4-9(5-8)15-2)6-12-10(13)16-11/h3-5H,6,11H2,1-2H3,(H,12,13). The van der Waals surface area contributed by atoms with E-state index in [4.69, 9.17) is 9.47 Å². The molecule has 16 heavy (non-hydrogen) atoms. The Bertz CT molecular complexity index is 346. The normalized spacial score (nSPS) is 9.44. The van der Waals surface area contributed by atoms with Gasteiger partial charge in [0.1, 0.15) is 11.5 Å². The van der Waals surface area contributed by atoms with Crippen molar-refractivity contribution in [1.29, 1.82) is 0 Å². The highest BCUT2D eigenvalue weighted by molar-refractivity contribution is 5.66. The van der Waals surface area contributed by atoms with Crippen LogP contribution in [0.3, 0.4) is 0 Å². The maximum Gasteiger partial charge on any atom is 0.426 e. The van der Waals surface area contributed by atoms with Gasteiger partial charge in [0.15, 0.2) is 0 Å². The first-order valence-electron chi connectivity index (χ1n) is 4.56. The van der Waals surface area contributed by atoms with E-state index >= 15 is 0 Å². The van der Waals surface area contributed by atoms with Crippen molar-refractivity contribution in [3.05, 3.63) is 23.8 Å². The Hall–Kier alpha value is -1.95. The summed E-state index contributed by atoms with van der Waals surface area (Å²) in [6.45, 7) is 0.281. The molecule has 1 aromatic carbocycles. The van der Waals surface area contributed by atoms with Gasteiger partial charge in [-0.2, -0.15) is 5.90 Å². The maximum absolute atomic E-state index is 10.8. The van der Waals surface area contributed by atoms with Crippen LogP contribution in [-0.4, -0.2) is 20.3 Å². The van der Waals surface area contributed by atoms with E-state index in [2.05, 4.69) is 16.1 Å². The lowest BCUT2D eigenvalue weighted by Crippen LogP contribution is -2.26. The zero-order valence-electron chi connectivity index (χ0n) is 9.15. The number of nitrogens with two attached hydrogens (primary N) is 1. The molecule has 1 amide bonds. The summed E-state index contributed by atoms with van der Waals surface area (Å²) in [5.41, 5.74) is 0.821. The Morgan fingerprint density at radius 3 is 2.25 bits per heavy atom. The molecule has 0 atom stereocenters. The summed E-state index contributed by atoms with van der Waals surface area (Å²) in [4.78, 5) is 14.7. The van der Waals surface area contributed by atoms with E-state index in [-0.39, 0.29) is 6.54 Å². The molecule has 0 spiro atoms. The SMILES string of the molecule is COc1cc(CNC(=O)ON)cc(OC)c1. The van der Waals surface area contributed by atoms with E-state index in [1.165, 1.54) is 0 Å². The van der Waals surface area contributed by atoms with Crippen molar-refractivity contribution in [3.63, 3.8) is 0 Å². The van der Waals surface area contributed by atoms with Crippen molar-refractivity contribution in [2.24, 2.45) is 5.90 Å². The fourth-order valence-corrected chi connectivity index (χ4v) is 1.18. The zero-order chi connectivity index (χ0) is 12.0. The zero-order valence-corrected chi connectivity index (χ0v) is 9.15. The highest BCUT2D eigenvalue weighted by Crippen LogP contribution is 2.22. The average Bonchev–Trinajstić information content (AvgIpc) is 2.35. The first-order chi connectivity index (χ1) is 7.69. The molecule has 0 aromatic heterocycles. The summed E-state index contributed by atoms with van der Waals surface area (Å²) in [7, 11) is 3.11. The van der Waals surface area contributed by atoms with Crippen molar-refractivity contribution in [1.82, 2.24) is 5.32 Å². The Kier molecular flexibility index (Phi) is 4.41. The van der Waals surface area contributed by atoms with Crippen LogP contribution < -0.4 is 20.7 Å². The second-order valence-corrected chi connectivity index (χ2v) is 2.98. The van der Waals surface area contributed by atoms with Gasteiger partial charge < -0.3 is 19.6 Å². The summed E-state index contributed by atoms with van der Waals surface area (Å²) in [6, 6.07) is 5.30. The number of carbonyl (C=O) groups is 1. The quantitative estimate of drug-likeness (QED) is 0.742. The number of amides is 1. The van der Waals surface area contributed by atoms with Gasteiger partial charge in [-0.1, -0.05) is 0 Å². The van der Waals surface area contributed by atoms with E-state index in [0.29, 0.717) is 11.5 Å². The third-order valence-electron chi connectivity index (χ3n) is 1.96. The number of carbonyl (C=O) groups excluding carboxylic acids is 1. The number of hydrogen-bond acceptors (Lipinski definition) is 5. The van der Waals surface area contributed by atoms with Gasteiger partial charge >= 0.3 is 6.09 Å². The summed E-state index contributed by atoms with van der Waals surface area (Å²) in [5.74, 6) is 5.99. The van der Waals surface area contributed by atoms with Gasteiger partial charge in [0.25, 0.3) is 0 Å². The predicted molar refractivity (Wildman–Crippen MR) is 57.1 cm³/mol. The number of ether oxygens (including phenoxy) is 2. The molecule has 0 unspecified atom stereocenters. The Morgan fingerprint density at radius 1 is 1.25 bits per heavy atom. The number of methoxy groups -OCH3 is 2. The second-order valence-electron chi connectivity index (χ2n) is 2.98. The molecule has 0 aliphatic heterocycles. The largest absolute Gasteiger partial charge is 0.497 e. The molecular weight excluding hydrogens is 212 g/mol. The van der Waals surface area contributed by atoms with Crippen LogP contribution in [0.5, 0.6) is 11.5 Å². The van der Waals surface area contributed by atoms with Gasteiger partial charge in [0.05, 0.1) is 14.2 Å². The summed E-state index contributed by atoms with van der Waals surface area (Å²) in [6.07, 6.45) is -0.693. The van der Waals surface area contributed by atoms with Gasteiger partial charge in [0.2, 0.25) is 0 Å². The lowest BCUT2D eigenvalue weighted by Gasteiger charge is -2.08. The molecule has 0 bridgehead atoms. The lowest BCUT2D eigenvalue weighted by molar-refractivity contribution is 0.147. The molecule has 3 N–H and O–H groups in total. The summed E-state index contributed by atoms with van der Waals surface area (Å²) in [5, 5.41) is 2.45. The molecular formula is C10H14N2O4. The van der Waals surface area contributed by atoms with Crippen LogP contribution in [0.15, 0.2) is 18.2 Å². The molecule has 0 aliphatic carbocycles. The molecule has 0 fully saturated rings. The average molecular weight is 226 g/mol. The minimum atomic E-state index is -0.693. The van der Waals surface area contributed by atoms with Crippen molar-refractivity contribution >= 4 is 6.09 Å². The van der Waals surface area contributed by atoms with Crippen molar-refractivity contribution in [2.75, 3.05) is 14.2 Å². The van der Waals surface area contributed by atoms with Crippen LogP contribution in [0, 0.1) is 0 Å². The van der Waals surface area contributed by atoms with Crippen LogP contribution in [0.4, 0.5) is 4.79 Å². The van der Waals surface area contributed by atoms with Gasteiger partial charge in [0, 0.05) is 12.6 Å². The molecule has 0 heterocycles.